The second-order valence-electron chi connectivity index (χ2n) is 6.07. The zero-order valence-electron chi connectivity index (χ0n) is 17.1. The molecule has 0 fully saturated rings. The third-order valence-electron chi connectivity index (χ3n) is 4.29. The van der Waals surface area contributed by atoms with Crippen molar-refractivity contribution < 1.29 is 9.22 Å². The van der Waals surface area contributed by atoms with E-state index in [2.05, 4.69) is 15.0 Å². The average Bonchev–Trinajstić information content (AvgIpc) is 3.17. The van der Waals surface area contributed by atoms with E-state index >= 15 is 0 Å². The van der Waals surface area contributed by atoms with Gasteiger partial charge < -0.3 is 15.0 Å². The first-order valence-electron chi connectivity index (χ1n) is 9.81. The zero-order chi connectivity index (χ0) is 20.4. The zero-order valence-corrected chi connectivity index (χ0v) is 14.1. The molecule has 0 aliphatic heterocycles. The van der Waals surface area contributed by atoms with Gasteiger partial charge in [-0.2, -0.15) is 0 Å². The number of hydrogen-bond acceptors (Lipinski definition) is 4. The lowest BCUT2D eigenvalue weighted by molar-refractivity contribution is 0.282. The lowest BCUT2D eigenvalue weighted by atomic mass is 10.1. The van der Waals surface area contributed by atoms with Crippen LogP contribution in [0.3, 0.4) is 0 Å². The molecule has 2 aromatic carbocycles. The Morgan fingerprint density at radius 3 is 2.58 bits per heavy atom. The maximum atomic E-state index is 9.22. The SMILES string of the molecule is [2H]C([2H])([2H])N(Cc1ccccc1)c1ncnc2[nH]c(-c3ccc(CO)cc3)cc12. The van der Waals surface area contributed by atoms with E-state index in [1.807, 2.05) is 60.7 Å². The van der Waals surface area contributed by atoms with E-state index in [0.717, 1.165) is 22.4 Å². The van der Waals surface area contributed by atoms with Gasteiger partial charge in [0.15, 0.2) is 0 Å². The van der Waals surface area contributed by atoms with Crippen LogP contribution in [0.25, 0.3) is 22.3 Å². The number of rotatable bonds is 5. The number of nitrogens with zero attached hydrogens (tertiary/aromatic N) is 3. The van der Waals surface area contributed by atoms with Gasteiger partial charge in [-0.3, -0.25) is 0 Å². The van der Waals surface area contributed by atoms with E-state index < -0.39 is 6.98 Å². The highest BCUT2D eigenvalue weighted by atomic mass is 16.3. The van der Waals surface area contributed by atoms with Crippen LogP contribution in [0.15, 0.2) is 67.0 Å². The second kappa shape index (κ2) is 6.98. The number of aromatic amines is 1. The molecular formula is C21H20N4O. The summed E-state index contributed by atoms with van der Waals surface area (Å²) in [5, 5.41) is 9.86. The Bertz CT molecular complexity index is 1110. The summed E-state index contributed by atoms with van der Waals surface area (Å²) >= 11 is 0. The monoisotopic (exact) mass is 347 g/mol. The minimum Gasteiger partial charge on any atom is -0.392 e. The number of aliphatic hydroxyl groups is 1. The summed E-state index contributed by atoms with van der Waals surface area (Å²) in [7, 11) is 0. The van der Waals surface area contributed by atoms with Crippen LogP contribution in [0.4, 0.5) is 5.82 Å². The molecule has 26 heavy (non-hydrogen) atoms. The third-order valence-corrected chi connectivity index (χ3v) is 4.29. The van der Waals surface area contributed by atoms with Gasteiger partial charge in [0.2, 0.25) is 0 Å². The second-order valence-corrected chi connectivity index (χ2v) is 6.07. The van der Waals surface area contributed by atoms with Crippen LogP contribution >= 0.6 is 0 Å². The number of hydrogen-bond donors (Lipinski definition) is 2. The van der Waals surface area contributed by atoms with Gasteiger partial charge in [-0.25, -0.2) is 9.97 Å². The highest BCUT2D eigenvalue weighted by molar-refractivity contribution is 5.91. The summed E-state index contributed by atoms with van der Waals surface area (Å²) < 4.78 is 24.1. The predicted molar refractivity (Wildman–Crippen MR) is 104 cm³/mol. The minimum absolute atomic E-state index is 0.0182. The fourth-order valence-electron chi connectivity index (χ4n) is 2.93. The number of aliphatic hydroxyl groups excluding tert-OH is 1. The Morgan fingerprint density at radius 1 is 1.04 bits per heavy atom. The molecule has 4 aromatic rings. The van der Waals surface area contributed by atoms with E-state index in [4.69, 9.17) is 4.11 Å². The Kier molecular flexibility index (Phi) is 3.51. The largest absolute Gasteiger partial charge is 0.392 e. The van der Waals surface area contributed by atoms with E-state index in [1.165, 1.54) is 11.2 Å². The molecule has 0 saturated carbocycles. The van der Waals surface area contributed by atoms with Crippen LogP contribution in [-0.2, 0) is 13.2 Å². The molecule has 0 aliphatic carbocycles. The Balaban J connectivity index is 1.78. The lowest BCUT2D eigenvalue weighted by Crippen LogP contribution is -2.17. The van der Waals surface area contributed by atoms with Gasteiger partial charge in [-0.1, -0.05) is 54.6 Å². The predicted octanol–water partition coefficient (Wildman–Crippen LogP) is 3.75. The topological polar surface area (TPSA) is 65.0 Å². The Labute approximate surface area is 156 Å². The minimum atomic E-state index is -2.36. The van der Waals surface area contributed by atoms with Gasteiger partial charge in [-0.15, -0.1) is 0 Å². The van der Waals surface area contributed by atoms with E-state index in [-0.39, 0.29) is 13.2 Å². The highest BCUT2D eigenvalue weighted by Crippen LogP contribution is 2.29. The quantitative estimate of drug-likeness (QED) is 0.577. The molecule has 0 spiro atoms. The average molecular weight is 347 g/mol. The van der Waals surface area contributed by atoms with Crippen LogP contribution < -0.4 is 4.90 Å². The molecule has 0 atom stereocenters. The molecule has 0 radical (unpaired) electrons. The maximum absolute atomic E-state index is 9.22. The van der Waals surface area contributed by atoms with Crippen LogP contribution in [0.1, 0.15) is 15.2 Å². The maximum Gasteiger partial charge on any atom is 0.143 e. The number of aromatic nitrogens is 3. The number of benzene rings is 2. The number of fused-ring (bicyclic) bond motifs is 1. The summed E-state index contributed by atoms with van der Waals surface area (Å²) in [5.74, 6) is 0.355. The Morgan fingerprint density at radius 2 is 1.85 bits per heavy atom. The highest BCUT2D eigenvalue weighted by Gasteiger charge is 2.13. The molecule has 5 nitrogen and oxygen atoms in total. The molecule has 0 bridgehead atoms. The van der Waals surface area contributed by atoms with Gasteiger partial charge in [-0.05, 0) is 22.8 Å². The molecule has 2 N–H and O–H groups in total. The summed E-state index contributed by atoms with van der Waals surface area (Å²) in [5.41, 5.74) is 3.98. The van der Waals surface area contributed by atoms with Crippen LogP contribution in [0.5, 0.6) is 0 Å². The molecule has 0 saturated heterocycles. The Hall–Kier alpha value is -3.18. The molecule has 5 heteroatoms. The van der Waals surface area contributed by atoms with Crippen LogP contribution in [-0.4, -0.2) is 27.0 Å². The van der Waals surface area contributed by atoms with Gasteiger partial charge in [0.05, 0.1) is 12.0 Å². The summed E-state index contributed by atoms with van der Waals surface area (Å²) in [4.78, 5) is 13.1. The van der Waals surface area contributed by atoms with Crippen LogP contribution in [0.2, 0.25) is 0 Å². The molecule has 4 rings (SSSR count). The van der Waals surface area contributed by atoms with Crippen molar-refractivity contribution in [1.29, 1.82) is 0 Å². The first kappa shape index (κ1) is 13.1. The smallest absolute Gasteiger partial charge is 0.143 e. The normalized spacial score (nSPS) is 13.2. The molecule has 2 heterocycles. The molecular weight excluding hydrogens is 324 g/mol. The van der Waals surface area contributed by atoms with Crippen molar-refractivity contribution in [3.8, 4) is 11.3 Å². The van der Waals surface area contributed by atoms with Gasteiger partial charge in [0.25, 0.3) is 0 Å². The van der Waals surface area contributed by atoms with Gasteiger partial charge in [0, 0.05) is 23.3 Å². The van der Waals surface area contributed by atoms with E-state index in [1.54, 1.807) is 0 Å². The lowest BCUT2D eigenvalue weighted by Gasteiger charge is -2.18. The molecule has 0 amide bonds. The molecule has 0 unspecified atom stereocenters. The number of anilines is 1. The fourth-order valence-corrected chi connectivity index (χ4v) is 2.93. The van der Waals surface area contributed by atoms with Gasteiger partial charge in [0.1, 0.15) is 17.8 Å². The first-order valence-corrected chi connectivity index (χ1v) is 8.31. The van der Waals surface area contributed by atoms with Crippen LogP contribution in [0, 0.1) is 0 Å². The summed E-state index contributed by atoms with van der Waals surface area (Å²) in [6.45, 7) is -2.18. The van der Waals surface area contributed by atoms with Crippen molar-refractivity contribution >= 4 is 16.9 Å². The first-order chi connectivity index (χ1) is 14.0. The summed E-state index contributed by atoms with van der Waals surface area (Å²) in [6.07, 6.45) is 1.37. The third kappa shape index (κ3) is 3.17. The number of H-pyrrole nitrogens is 1. The molecule has 2 aromatic heterocycles. The summed E-state index contributed by atoms with van der Waals surface area (Å²) in [6, 6.07) is 18.8. The fraction of sp³-hybridized carbons (Fsp3) is 0.143. The van der Waals surface area contributed by atoms with Crippen molar-refractivity contribution in [2.45, 2.75) is 13.2 Å². The van der Waals surface area contributed by atoms with Gasteiger partial charge >= 0.3 is 0 Å². The van der Waals surface area contributed by atoms with E-state index in [9.17, 15) is 5.11 Å². The van der Waals surface area contributed by atoms with Crippen molar-refractivity contribution in [3.63, 3.8) is 0 Å². The van der Waals surface area contributed by atoms with Crippen molar-refractivity contribution in [3.05, 3.63) is 78.1 Å². The number of nitrogens with one attached hydrogen (secondary N) is 1. The molecule has 130 valence electrons. The van der Waals surface area contributed by atoms with Crippen molar-refractivity contribution in [2.75, 3.05) is 11.9 Å². The van der Waals surface area contributed by atoms with E-state index in [0.29, 0.717) is 16.9 Å². The molecule has 0 aliphatic rings. The van der Waals surface area contributed by atoms with Crippen molar-refractivity contribution in [2.24, 2.45) is 0 Å². The van der Waals surface area contributed by atoms with Crippen molar-refractivity contribution in [1.82, 2.24) is 15.0 Å². The standard InChI is InChI=1S/C21H20N4O/c1-25(12-15-5-3-2-4-6-15)21-18-11-19(24-20(18)22-14-23-21)17-9-7-16(13-26)8-10-17/h2-11,14,26H,12-13H2,1H3,(H,22,23,24)/i1D3.